The van der Waals surface area contributed by atoms with Gasteiger partial charge in [0.2, 0.25) is 0 Å². The number of anilines is 3. The molecule has 0 spiro atoms. The number of benzene rings is 1. The summed E-state index contributed by atoms with van der Waals surface area (Å²) in [5.74, 6) is 1.69. The van der Waals surface area contributed by atoms with Gasteiger partial charge in [0.25, 0.3) is 5.91 Å². The summed E-state index contributed by atoms with van der Waals surface area (Å²) in [6.45, 7) is 5.06. The van der Waals surface area contributed by atoms with Gasteiger partial charge in [0.05, 0.1) is 18.5 Å². The second kappa shape index (κ2) is 12.7. The van der Waals surface area contributed by atoms with Crippen LogP contribution in [0.4, 0.5) is 16.6 Å². The van der Waals surface area contributed by atoms with Crippen LogP contribution >= 0.6 is 11.5 Å². The topological polar surface area (TPSA) is 119 Å². The Labute approximate surface area is 239 Å². The van der Waals surface area contributed by atoms with E-state index in [2.05, 4.69) is 54.9 Å². The molecular weight excluding hydrogens is 524 g/mol. The van der Waals surface area contributed by atoms with E-state index in [1.165, 1.54) is 29.9 Å². The standard InChI is InChI=1S/C29H36N8O2S/c1-19-24(32-29(38)22-10-8-21(9-11-22)20-6-7-20)5-4-12-37(19)26-17-31-25(16-30)28(33-26)34-27-15-23(35-40-27)18-36(2)13-14-39-3/h8-11,15,17,19-20,24H,4-7,12-14,18H2,1-3H3,(H,32,38)(H,33,34)/t19-,24-/m1/s1. The zero-order chi connectivity index (χ0) is 28.1. The number of hydrogen-bond donors (Lipinski definition) is 2. The number of carbonyl (C=O) groups excluding carboxylic acids is 1. The highest BCUT2D eigenvalue weighted by Crippen LogP contribution is 2.40. The van der Waals surface area contributed by atoms with E-state index in [0.717, 1.165) is 36.6 Å². The average Bonchev–Trinajstić information content (AvgIpc) is 3.73. The van der Waals surface area contributed by atoms with Crippen LogP contribution in [0.5, 0.6) is 0 Å². The number of nitrogens with one attached hydrogen (secondary N) is 2. The summed E-state index contributed by atoms with van der Waals surface area (Å²) in [4.78, 5) is 26.5. The Morgan fingerprint density at radius 1 is 1.27 bits per heavy atom. The first-order valence-electron chi connectivity index (χ1n) is 13.8. The maximum Gasteiger partial charge on any atom is 0.251 e. The van der Waals surface area contributed by atoms with Crippen LogP contribution in [-0.2, 0) is 11.3 Å². The lowest BCUT2D eigenvalue weighted by molar-refractivity contribution is 0.0924. The number of methoxy groups -OCH3 is 1. The number of likely N-dealkylation sites (N-methyl/N-ethyl adjacent to an activating group) is 1. The summed E-state index contributed by atoms with van der Waals surface area (Å²) in [6, 6.07) is 12.1. The molecule has 1 aliphatic carbocycles. The molecule has 2 fully saturated rings. The van der Waals surface area contributed by atoms with Gasteiger partial charge < -0.3 is 20.3 Å². The molecule has 210 valence electrons. The van der Waals surface area contributed by atoms with E-state index in [9.17, 15) is 10.1 Å². The predicted molar refractivity (Wildman–Crippen MR) is 156 cm³/mol. The van der Waals surface area contributed by atoms with Crippen LogP contribution in [0, 0.1) is 11.3 Å². The molecule has 3 aromatic rings. The maximum atomic E-state index is 13.0. The fourth-order valence-electron chi connectivity index (χ4n) is 5.09. The minimum absolute atomic E-state index is 0.0103. The Kier molecular flexibility index (Phi) is 8.89. The van der Waals surface area contributed by atoms with Crippen molar-refractivity contribution in [2.45, 2.75) is 57.2 Å². The predicted octanol–water partition coefficient (Wildman–Crippen LogP) is 4.29. The smallest absolute Gasteiger partial charge is 0.251 e. The molecule has 10 nitrogen and oxygen atoms in total. The van der Waals surface area contributed by atoms with Gasteiger partial charge in [0.15, 0.2) is 11.5 Å². The normalized spacial score (nSPS) is 18.9. The molecule has 0 unspecified atom stereocenters. The number of ether oxygens (including phenoxy) is 1. The third-order valence-electron chi connectivity index (χ3n) is 7.60. The maximum absolute atomic E-state index is 13.0. The van der Waals surface area contributed by atoms with Gasteiger partial charge in [-0.15, -0.1) is 0 Å². The van der Waals surface area contributed by atoms with Gasteiger partial charge in [0.1, 0.15) is 16.9 Å². The molecule has 0 radical (unpaired) electrons. The summed E-state index contributed by atoms with van der Waals surface area (Å²) < 4.78 is 9.68. The Morgan fingerprint density at radius 2 is 2.08 bits per heavy atom. The highest BCUT2D eigenvalue weighted by molar-refractivity contribution is 7.10. The molecule has 1 aliphatic heterocycles. The summed E-state index contributed by atoms with van der Waals surface area (Å²) in [5.41, 5.74) is 3.16. The summed E-state index contributed by atoms with van der Waals surface area (Å²) >= 11 is 1.32. The second-order valence-corrected chi connectivity index (χ2v) is 11.4. The number of aromatic nitrogens is 3. The van der Waals surface area contributed by atoms with E-state index in [1.54, 1.807) is 13.3 Å². The van der Waals surface area contributed by atoms with Crippen LogP contribution in [0.1, 0.15) is 65.8 Å². The molecule has 1 saturated carbocycles. The van der Waals surface area contributed by atoms with Crippen molar-refractivity contribution in [1.29, 1.82) is 5.26 Å². The molecule has 1 saturated heterocycles. The molecule has 11 heteroatoms. The minimum Gasteiger partial charge on any atom is -0.383 e. The lowest BCUT2D eigenvalue weighted by atomic mass is 9.97. The van der Waals surface area contributed by atoms with E-state index in [-0.39, 0.29) is 23.7 Å². The third kappa shape index (κ3) is 6.75. The Morgan fingerprint density at radius 3 is 2.80 bits per heavy atom. The number of rotatable bonds is 11. The molecule has 2 aromatic heterocycles. The van der Waals surface area contributed by atoms with E-state index in [4.69, 9.17) is 9.72 Å². The summed E-state index contributed by atoms with van der Waals surface area (Å²) in [6.07, 6.45) is 5.93. The van der Waals surface area contributed by atoms with Crippen LogP contribution in [0.3, 0.4) is 0 Å². The van der Waals surface area contributed by atoms with Gasteiger partial charge in [-0.1, -0.05) is 12.1 Å². The van der Waals surface area contributed by atoms with Gasteiger partial charge in [-0.2, -0.15) is 9.64 Å². The largest absolute Gasteiger partial charge is 0.383 e. The van der Waals surface area contributed by atoms with Crippen LogP contribution < -0.4 is 15.5 Å². The van der Waals surface area contributed by atoms with Gasteiger partial charge in [-0.3, -0.25) is 9.69 Å². The summed E-state index contributed by atoms with van der Waals surface area (Å²) in [7, 11) is 3.71. The van der Waals surface area contributed by atoms with Crippen molar-refractivity contribution in [3.05, 3.63) is 59.0 Å². The minimum atomic E-state index is -0.0526. The Hall–Kier alpha value is -3.59. The van der Waals surface area contributed by atoms with Crippen molar-refractivity contribution in [1.82, 2.24) is 24.6 Å². The van der Waals surface area contributed by atoms with Crippen LogP contribution in [0.2, 0.25) is 0 Å². The number of nitrogens with zero attached hydrogens (tertiary/aromatic N) is 6. The number of piperidine rings is 1. The van der Waals surface area contributed by atoms with Gasteiger partial charge >= 0.3 is 0 Å². The Bertz CT molecular complexity index is 1350. The van der Waals surface area contributed by atoms with Crippen LogP contribution in [0.25, 0.3) is 0 Å². The van der Waals surface area contributed by atoms with E-state index >= 15 is 0 Å². The van der Waals surface area contributed by atoms with Crippen molar-refractivity contribution < 1.29 is 9.53 Å². The highest BCUT2D eigenvalue weighted by atomic mass is 32.1. The first kappa shape index (κ1) is 28.0. The molecule has 2 N–H and O–H groups in total. The Balaban J connectivity index is 1.25. The lowest BCUT2D eigenvalue weighted by Crippen LogP contribution is -2.54. The van der Waals surface area contributed by atoms with Crippen LogP contribution in [0.15, 0.2) is 36.5 Å². The molecule has 2 atom stereocenters. The fourth-order valence-corrected chi connectivity index (χ4v) is 5.74. The number of carbonyl (C=O) groups is 1. The molecule has 40 heavy (non-hydrogen) atoms. The lowest BCUT2D eigenvalue weighted by Gasteiger charge is -2.40. The monoisotopic (exact) mass is 560 g/mol. The molecular formula is C29H36N8O2S. The van der Waals surface area contributed by atoms with E-state index in [0.29, 0.717) is 36.3 Å². The van der Waals surface area contributed by atoms with Crippen molar-refractivity contribution in [3.63, 3.8) is 0 Å². The zero-order valence-corrected chi connectivity index (χ0v) is 24.1. The van der Waals surface area contributed by atoms with Crippen LogP contribution in [-0.4, -0.2) is 71.1 Å². The van der Waals surface area contributed by atoms with Crippen molar-refractivity contribution >= 4 is 34.1 Å². The highest BCUT2D eigenvalue weighted by Gasteiger charge is 2.31. The molecule has 1 aromatic carbocycles. The number of amides is 1. The van der Waals surface area contributed by atoms with E-state index in [1.807, 2.05) is 25.2 Å². The first-order valence-corrected chi connectivity index (χ1v) is 14.6. The fraction of sp³-hybridized carbons (Fsp3) is 0.483. The van der Waals surface area contributed by atoms with E-state index < -0.39 is 0 Å². The van der Waals surface area contributed by atoms with Crippen molar-refractivity contribution in [2.24, 2.45) is 0 Å². The third-order valence-corrected chi connectivity index (χ3v) is 8.34. The number of nitriles is 1. The molecule has 3 heterocycles. The first-order chi connectivity index (χ1) is 19.4. The second-order valence-electron chi connectivity index (χ2n) is 10.6. The zero-order valence-electron chi connectivity index (χ0n) is 23.3. The number of hydrogen-bond acceptors (Lipinski definition) is 10. The van der Waals surface area contributed by atoms with Gasteiger partial charge in [-0.05, 0) is 80.9 Å². The van der Waals surface area contributed by atoms with Crippen molar-refractivity contribution in [3.8, 4) is 6.07 Å². The molecule has 1 amide bonds. The SMILES string of the molecule is COCCN(C)Cc1cc(Nc2nc(N3CCC[C@@H](NC(=O)c4ccc(C5CC5)cc4)[C@H]3C)cnc2C#N)sn1. The quantitative estimate of drug-likeness (QED) is 0.354. The summed E-state index contributed by atoms with van der Waals surface area (Å²) in [5, 5.41) is 17.0. The van der Waals surface area contributed by atoms with Crippen molar-refractivity contribution in [2.75, 3.05) is 44.1 Å². The molecule has 5 rings (SSSR count). The molecule has 0 bridgehead atoms. The van der Waals surface area contributed by atoms with Gasteiger partial charge in [0, 0.05) is 44.4 Å². The van der Waals surface area contributed by atoms with Gasteiger partial charge in [-0.25, -0.2) is 9.97 Å². The average molecular weight is 561 g/mol. The molecule has 2 aliphatic rings.